The normalized spacial score (nSPS) is 27.3. The number of alkyl halides is 3. The van der Waals surface area contributed by atoms with Crippen LogP contribution in [0.25, 0.3) is 10.9 Å². The highest BCUT2D eigenvalue weighted by atomic mass is 19.4. The van der Waals surface area contributed by atoms with Gasteiger partial charge >= 0.3 is 12.1 Å². The lowest BCUT2D eigenvalue weighted by molar-refractivity contribution is -0.854. The first kappa shape index (κ1) is 26.3. The summed E-state index contributed by atoms with van der Waals surface area (Å²) < 4.78 is 40.2. The van der Waals surface area contributed by atoms with Gasteiger partial charge in [-0.15, -0.1) is 0 Å². The summed E-state index contributed by atoms with van der Waals surface area (Å²) in [5.41, 5.74) is 2.69. The Morgan fingerprint density at radius 3 is 2.50 bits per heavy atom. The number of anilines is 1. The van der Waals surface area contributed by atoms with Crippen molar-refractivity contribution in [3.05, 3.63) is 30.1 Å². The largest absolute Gasteiger partial charge is 0.416 e. The molecule has 1 saturated carbocycles. The SMILES string of the molecule is CC(=O)N[C@@H]1C[C@@H](NC(C)(C)C)CC[C@@H]1[N+]1(Nc2ncnc3ccc(C(F)(F)F)cc23)CCCC1=O. The van der Waals surface area contributed by atoms with E-state index in [1.807, 2.05) is 0 Å². The molecule has 8 nitrogen and oxygen atoms in total. The zero-order chi connectivity index (χ0) is 26.3. The van der Waals surface area contributed by atoms with Crippen LogP contribution in [0.5, 0.6) is 0 Å². The molecule has 1 aliphatic heterocycles. The molecular weight excluding hydrogens is 473 g/mol. The lowest BCUT2D eigenvalue weighted by Crippen LogP contribution is -2.69. The molecule has 2 aromatic rings. The summed E-state index contributed by atoms with van der Waals surface area (Å²) in [4.78, 5) is 34.0. The van der Waals surface area contributed by atoms with Gasteiger partial charge in [0.1, 0.15) is 18.9 Å². The predicted molar refractivity (Wildman–Crippen MR) is 129 cm³/mol. The van der Waals surface area contributed by atoms with Gasteiger partial charge in [0.2, 0.25) is 5.91 Å². The molecule has 2 amide bonds. The maximum atomic E-state index is 13.5. The fraction of sp³-hybridized carbons (Fsp3) is 0.600. The fourth-order valence-corrected chi connectivity index (χ4v) is 5.71. The molecule has 2 aliphatic rings. The third-order valence-electron chi connectivity index (χ3n) is 7.02. The molecular formula is C25H34F3N6O2+. The van der Waals surface area contributed by atoms with E-state index in [1.54, 1.807) is 0 Å². The summed E-state index contributed by atoms with van der Waals surface area (Å²) in [5.74, 6) is -0.0669. The number of nitrogens with one attached hydrogen (secondary N) is 3. The Bertz CT molecular complexity index is 1150. The summed E-state index contributed by atoms with van der Waals surface area (Å²) in [7, 11) is 0. The van der Waals surface area contributed by atoms with Gasteiger partial charge in [-0.3, -0.25) is 4.79 Å². The molecule has 0 spiro atoms. The first-order chi connectivity index (χ1) is 16.8. The van der Waals surface area contributed by atoms with Crippen molar-refractivity contribution in [2.75, 3.05) is 12.0 Å². The third kappa shape index (κ3) is 5.46. The lowest BCUT2D eigenvalue weighted by Gasteiger charge is -2.46. The summed E-state index contributed by atoms with van der Waals surface area (Å²) in [6.07, 6.45) is -0.175. The first-order valence-electron chi connectivity index (χ1n) is 12.3. The maximum absolute atomic E-state index is 13.5. The number of carbonyl (C=O) groups is 2. The molecule has 196 valence electrons. The van der Waals surface area contributed by atoms with Gasteiger partial charge in [0.05, 0.1) is 23.5 Å². The van der Waals surface area contributed by atoms with Crippen molar-refractivity contribution in [1.82, 2.24) is 20.6 Å². The molecule has 1 aliphatic carbocycles. The molecule has 1 aromatic heterocycles. The molecule has 1 unspecified atom stereocenters. The van der Waals surface area contributed by atoms with Crippen LogP contribution in [0.3, 0.4) is 0 Å². The van der Waals surface area contributed by atoms with E-state index in [0.717, 1.165) is 18.6 Å². The Hall–Kier alpha value is -2.79. The summed E-state index contributed by atoms with van der Waals surface area (Å²) in [6.45, 7) is 8.17. The van der Waals surface area contributed by atoms with Gasteiger partial charge in [-0.25, -0.2) is 20.2 Å². The molecule has 1 saturated heterocycles. The fourth-order valence-electron chi connectivity index (χ4n) is 5.71. The monoisotopic (exact) mass is 507 g/mol. The molecule has 0 radical (unpaired) electrons. The quantitative estimate of drug-likeness (QED) is 0.531. The zero-order valence-corrected chi connectivity index (χ0v) is 21.1. The first-order valence-corrected chi connectivity index (χ1v) is 12.3. The van der Waals surface area contributed by atoms with E-state index < -0.39 is 11.7 Å². The second kappa shape index (κ2) is 9.59. The highest BCUT2D eigenvalue weighted by Gasteiger charge is 2.54. The number of rotatable bonds is 5. The van der Waals surface area contributed by atoms with E-state index in [2.05, 4.69) is 46.8 Å². The van der Waals surface area contributed by atoms with Crippen molar-refractivity contribution in [2.24, 2.45) is 0 Å². The minimum Gasteiger partial charge on any atom is -0.347 e. The van der Waals surface area contributed by atoms with Crippen molar-refractivity contribution in [3.8, 4) is 0 Å². The number of hydrogen-bond acceptors (Lipinski definition) is 6. The zero-order valence-electron chi connectivity index (χ0n) is 21.1. The van der Waals surface area contributed by atoms with Gasteiger partial charge in [0.15, 0.2) is 5.82 Å². The number of hydrogen-bond donors (Lipinski definition) is 3. The highest BCUT2D eigenvalue weighted by Crippen LogP contribution is 2.37. The number of benzene rings is 1. The Kier molecular flexibility index (Phi) is 7.00. The number of likely N-dealkylation sites (tertiary alicyclic amines) is 1. The van der Waals surface area contributed by atoms with Gasteiger partial charge in [-0.05, 0) is 51.8 Å². The van der Waals surface area contributed by atoms with Gasteiger partial charge in [0, 0.05) is 36.7 Å². The molecule has 3 N–H and O–H groups in total. The number of quaternary nitrogens is 1. The Morgan fingerprint density at radius 1 is 1.14 bits per heavy atom. The number of aromatic nitrogens is 2. The van der Waals surface area contributed by atoms with Crippen molar-refractivity contribution in [2.45, 2.75) is 89.6 Å². The van der Waals surface area contributed by atoms with E-state index in [4.69, 9.17) is 0 Å². The Labute approximate surface area is 208 Å². The second-order valence-corrected chi connectivity index (χ2v) is 10.9. The average molecular weight is 508 g/mol. The topological polar surface area (TPSA) is 96.0 Å². The third-order valence-corrected chi connectivity index (χ3v) is 7.02. The van der Waals surface area contributed by atoms with E-state index in [-0.39, 0.29) is 51.3 Å². The summed E-state index contributed by atoms with van der Waals surface area (Å²) >= 11 is 0. The number of fused-ring (bicyclic) bond motifs is 1. The molecule has 11 heteroatoms. The average Bonchev–Trinajstić information content (AvgIpc) is 3.12. The molecule has 4 atom stereocenters. The van der Waals surface area contributed by atoms with Gasteiger partial charge in [-0.1, -0.05) is 0 Å². The highest BCUT2D eigenvalue weighted by molar-refractivity contribution is 5.89. The molecule has 0 bridgehead atoms. The number of amides is 2. The Morgan fingerprint density at radius 2 is 1.89 bits per heavy atom. The number of nitrogens with zero attached hydrogens (tertiary/aromatic N) is 3. The predicted octanol–water partition coefficient (Wildman–Crippen LogP) is 3.93. The van der Waals surface area contributed by atoms with Crippen LogP contribution in [-0.4, -0.2) is 56.6 Å². The van der Waals surface area contributed by atoms with Crippen LogP contribution in [-0.2, 0) is 15.8 Å². The van der Waals surface area contributed by atoms with Crippen LogP contribution in [0.4, 0.5) is 19.0 Å². The molecule has 4 rings (SSSR count). The van der Waals surface area contributed by atoms with E-state index in [9.17, 15) is 22.8 Å². The summed E-state index contributed by atoms with van der Waals surface area (Å²) in [5, 5.41) is 6.85. The Balaban J connectivity index is 1.73. The molecule has 2 fully saturated rings. The van der Waals surface area contributed by atoms with Crippen molar-refractivity contribution < 1.29 is 27.4 Å². The standard InChI is InChI=1S/C25H33F3N6O2/c1-15(35)31-20-13-17(32-24(2,3)4)8-10-21(20)34(11-5-6-22(34)36)33-23-18-12-16(25(26,27)28)7-9-19(18)29-14-30-23/h7,9,12,14,17,20-21,32H,5-6,8,10-11,13H2,1-4H3,(H-,29,30,31,33,35)/p+1/t17-,20+,21-,34?/m0/s1. The van der Waals surface area contributed by atoms with Crippen LogP contribution >= 0.6 is 0 Å². The van der Waals surface area contributed by atoms with Crippen LogP contribution in [0.1, 0.15) is 65.4 Å². The smallest absolute Gasteiger partial charge is 0.347 e. The van der Waals surface area contributed by atoms with Crippen molar-refractivity contribution in [1.29, 1.82) is 0 Å². The molecule has 1 aromatic carbocycles. The van der Waals surface area contributed by atoms with Gasteiger partial charge < -0.3 is 10.6 Å². The van der Waals surface area contributed by atoms with Gasteiger partial charge in [-0.2, -0.15) is 17.8 Å². The lowest BCUT2D eigenvalue weighted by atomic mass is 9.84. The molecule has 36 heavy (non-hydrogen) atoms. The van der Waals surface area contributed by atoms with Crippen LogP contribution in [0.2, 0.25) is 0 Å². The maximum Gasteiger partial charge on any atom is 0.416 e. The minimum absolute atomic E-state index is 0.0590. The van der Waals surface area contributed by atoms with Crippen LogP contribution in [0.15, 0.2) is 24.5 Å². The number of carbonyl (C=O) groups excluding carboxylic acids is 2. The minimum atomic E-state index is -4.52. The van der Waals surface area contributed by atoms with Gasteiger partial charge in [0.25, 0.3) is 0 Å². The van der Waals surface area contributed by atoms with Crippen LogP contribution in [0, 0.1) is 0 Å². The summed E-state index contributed by atoms with van der Waals surface area (Å²) in [6, 6.07) is 2.88. The number of halogens is 3. The van der Waals surface area contributed by atoms with E-state index >= 15 is 0 Å². The van der Waals surface area contributed by atoms with Crippen LogP contribution < -0.4 is 16.1 Å². The van der Waals surface area contributed by atoms with E-state index in [1.165, 1.54) is 19.3 Å². The van der Waals surface area contributed by atoms with Crippen molar-refractivity contribution >= 4 is 28.5 Å². The van der Waals surface area contributed by atoms with Crippen molar-refractivity contribution in [3.63, 3.8) is 0 Å². The van der Waals surface area contributed by atoms with E-state index in [0.29, 0.717) is 37.7 Å². The molecule has 2 heterocycles. The second-order valence-electron chi connectivity index (χ2n) is 10.9.